The van der Waals surface area contributed by atoms with Crippen LogP contribution in [0.3, 0.4) is 0 Å². The van der Waals surface area contributed by atoms with Crippen LogP contribution in [-0.4, -0.2) is 61.2 Å². The number of aryl methyl sites for hydroxylation is 1. The van der Waals surface area contributed by atoms with E-state index >= 15 is 0 Å². The number of amides is 2. The summed E-state index contributed by atoms with van der Waals surface area (Å²) in [6.45, 7) is 5.53. The molecule has 0 saturated carbocycles. The van der Waals surface area contributed by atoms with E-state index in [-0.39, 0.29) is 17.9 Å². The average Bonchev–Trinajstić information content (AvgIpc) is 3.45. The Hall–Kier alpha value is -4.47. The van der Waals surface area contributed by atoms with Gasteiger partial charge < -0.3 is 24.8 Å². The number of likely N-dealkylation sites (tertiary alicyclic amines) is 1. The fraction of sp³-hybridized carbons (Fsp3) is 0.281. The van der Waals surface area contributed by atoms with Crippen molar-refractivity contribution < 1.29 is 23.8 Å². The van der Waals surface area contributed by atoms with Crippen molar-refractivity contribution in [3.63, 3.8) is 0 Å². The summed E-state index contributed by atoms with van der Waals surface area (Å²) in [6, 6.07) is 20.1. The van der Waals surface area contributed by atoms with Gasteiger partial charge in [-0.1, -0.05) is 12.1 Å². The summed E-state index contributed by atoms with van der Waals surface area (Å²) in [7, 11) is 1.76. The minimum absolute atomic E-state index is 0.239. The Labute approximate surface area is 238 Å². The van der Waals surface area contributed by atoms with Crippen LogP contribution >= 0.6 is 0 Å². The van der Waals surface area contributed by atoms with Gasteiger partial charge in [-0.05, 0) is 73.5 Å². The number of fused-ring (bicyclic) bond motifs is 2. The van der Waals surface area contributed by atoms with Gasteiger partial charge in [0, 0.05) is 54.6 Å². The number of methoxy groups -OCH3 is 1. The molecule has 2 aliphatic heterocycles. The molecule has 0 bridgehead atoms. The first-order chi connectivity index (χ1) is 19.9. The predicted molar refractivity (Wildman–Crippen MR) is 157 cm³/mol. The van der Waals surface area contributed by atoms with E-state index in [9.17, 15) is 9.59 Å². The summed E-state index contributed by atoms with van der Waals surface area (Å²) in [6.07, 6.45) is 1.33. The summed E-state index contributed by atoms with van der Waals surface area (Å²) in [5, 5.41) is 6.79. The number of nitrogens with zero attached hydrogens (tertiary/aromatic N) is 2. The minimum Gasteiger partial charge on any atom is -0.486 e. The van der Waals surface area contributed by atoms with Gasteiger partial charge in [0.15, 0.2) is 11.5 Å². The minimum atomic E-state index is -0.284. The van der Waals surface area contributed by atoms with E-state index in [2.05, 4.69) is 15.5 Å². The van der Waals surface area contributed by atoms with Gasteiger partial charge in [0.2, 0.25) is 0 Å². The van der Waals surface area contributed by atoms with Gasteiger partial charge in [-0.3, -0.25) is 19.5 Å². The Kier molecular flexibility index (Phi) is 7.54. The normalized spacial score (nSPS) is 16.5. The lowest BCUT2D eigenvalue weighted by Gasteiger charge is -2.18. The number of aromatic nitrogens is 1. The zero-order chi connectivity index (χ0) is 28.3. The molecule has 9 heteroatoms. The van der Waals surface area contributed by atoms with Crippen molar-refractivity contribution in [1.82, 2.24) is 9.88 Å². The maximum Gasteiger partial charge on any atom is 0.255 e. The standard InChI is InChI=1S/C32H32N4O5/c1-20-3-7-24(34-31(37)23-6-10-29-30(16-23)41-14-13-40-29)17-28(20)35-32(38)22-5-9-27-21(15-22)4-8-25(33-27)18-36-12-11-26(19-36)39-2/h3-10,15-17,26H,11-14,18-19H2,1-2H3,(H,34,37)(H,35,38). The Balaban J connectivity index is 1.13. The molecule has 0 spiro atoms. The molecule has 210 valence electrons. The van der Waals surface area contributed by atoms with Crippen molar-refractivity contribution in [2.45, 2.75) is 26.0 Å². The summed E-state index contributed by atoms with van der Waals surface area (Å²) in [4.78, 5) is 33.3. The van der Waals surface area contributed by atoms with Gasteiger partial charge in [-0.2, -0.15) is 0 Å². The quantitative estimate of drug-likeness (QED) is 0.331. The Bertz CT molecular complexity index is 1620. The molecule has 6 rings (SSSR count). The van der Waals surface area contributed by atoms with Crippen molar-refractivity contribution in [2.24, 2.45) is 0 Å². The first kappa shape index (κ1) is 26.7. The third-order valence-corrected chi connectivity index (χ3v) is 7.51. The van der Waals surface area contributed by atoms with Crippen LogP contribution in [0.5, 0.6) is 11.5 Å². The van der Waals surface area contributed by atoms with Crippen LogP contribution in [0.1, 0.15) is 38.4 Å². The molecule has 1 aromatic heterocycles. The van der Waals surface area contributed by atoms with E-state index in [1.54, 1.807) is 43.5 Å². The number of carbonyl (C=O) groups excluding carboxylic acids is 2. The number of anilines is 2. The summed E-state index contributed by atoms with van der Waals surface area (Å²) in [5.41, 5.74) is 4.88. The van der Waals surface area contributed by atoms with Crippen LogP contribution in [-0.2, 0) is 11.3 Å². The van der Waals surface area contributed by atoms with Gasteiger partial charge >= 0.3 is 0 Å². The number of rotatable bonds is 7. The molecule has 2 N–H and O–H groups in total. The topological polar surface area (TPSA) is 102 Å². The van der Waals surface area contributed by atoms with E-state index in [0.29, 0.717) is 47.2 Å². The van der Waals surface area contributed by atoms with Crippen LogP contribution in [0.2, 0.25) is 0 Å². The predicted octanol–water partition coefficient (Wildman–Crippen LogP) is 5.04. The second kappa shape index (κ2) is 11.6. The molecule has 1 fully saturated rings. The Morgan fingerprint density at radius 3 is 2.54 bits per heavy atom. The van der Waals surface area contributed by atoms with Crippen molar-refractivity contribution >= 4 is 34.1 Å². The van der Waals surface area contributed by atoms with Crippen molar-refractivity contribution in [3.8, 4) is 11.5 Å². The molecule has 1 saturated heterocycles. The smallest absolute Gasteiger partial charge is 0.255 e. The largest absolute Gasteiger partial charge is 0.486 e. The zero-order valence-corrected chi connectivity index (χ0v) is 23.1. The number of pyridine rings is 1. The van der Waals surface area contributed by atoms with Crippen LogP contribution < -0.4 is 20.1 Å². The monoisotopic (exact) mass is 552 g/mol. The number of hydrogen-bond acceptors (Lipinski definition) is 7. The SMILES string of the molecule is COC1CCN(Cc2ccc3cc(C(=O)Nc4cc(NC(=O)c5ccc6c(c5)OCCO6)ccc4C)ccc3n2)C1. The first-order valence-electron chi connectivity index (χ1n) is 13.7. The molecule has 0 radical (unpaired) electrons. The third-order valence-electron chi connectivity index (χ3n) is 7.51. The second-order valence-corrected chi connectivity index (χ2v) is 10.4. The fourth-order valence-corrected chi connectivity index (χ4v) is 5.18. The lowest BCUT2D eigenvalue weighted by Crippen LogP contribution is -2.22. The highest BCUT2D eigenvalue weighted by Gasteiger charge is 2.22. The van der Waals surface area contributed by atoms with Gasteiger partial charge in [0.25, 0.3) is 11.8 Å². The fourth-order valence-electron chi connectivity index (χ4n) is 5.18. The lowest BCUT2D eigenvalue weighted by atomic mass is 10.1. The van der Waals surface area contributed by atoms with Gasteiger partial charge in [-0.15, -0.1) is 0 Å². The lowest BCUT2D eigenvalue weighted by molar-refractivity contribution is 0.101. The molecule has 1 unspecified atom stereocenters. The van der Waals surface area contributed by atoms with Crippen LogP contribution in [0.15, 0.2) is 66.7 Å². The number of nitrogens with one attached hydrogen (secondary N) is 2. The summed E-state index contributed by atoms with van der Waals surface area (Å²) < 4.78 is 16.6. The maximum atomic E-state index is 13.2. The number of carbonyl (C=O) groups is 2. The highest BCUT2D eigenvalue weighted by atomic mass is 16.6. The average molecular weight is 553 g/mol. The van der Waals surface area contributed by atoms with E-state index in [1.807, 2.05) is 37.3 Å². The second-order valence-electron chi connectivity index (χ2n) is 10.4. The van der Waals surface area contributed by atoms with E-state index in [0.717, 1.165) is 48.2 Å². The molecule has 9 nitrogen and oxygen atoms in total. The van der Waals surface area contributed by atoms with E-state index in [4.69, 9.17) is 19.2 Å². The first-order valence-corrected chi connectivity index (χ1v) is 13.7. The summed E-state index contributed by atoms with van der Waals surface area (Å²) >= 11 is 0. The molecule has 0 aliphatic carbocycles. The number of benzene rings is 3. The molecule has 1 atom stereocenters. The zero-order valence-electron chi connectivity index (χ0n) is 23.1. The van der Waals surface area contributed by atoms with Gasteiger partial charge in [0.1, 0.15) is 13.2 Å². The molecule has 41 heavy (non-hydrogen) atoms. The number of ether oxygens (including phenoxy) is 3. The Morgan fingerprint density at radius 1 is 0.927 bits per heavy atom. The molecule has 3 aromatic carbocycles. The van der Waals surface area contributed by atoms with Crippen molar-refractivity contribution in [2.75, 3.05) is 44.0 Å². The maximum absolute atomic E-state index is 13.2. The molecular weight excluding hydrogens is 520 g/mol. The highest BCUT2D eigenvalue weighted by molar-refractivity contribution is 6.08. The molecular formula is C32H32N4O5. The van der Waals surface area contributed by atoms with Gasteiger partial charge in [0.05, 0.1) is 17.3 Å². The Morgan fingerprint density at radius 2 is 1.71 bits per heavy atom. The number of hydrogen-bond donors (Lipinski definition) is 2. The summed E-state index contributed by atoms with van der Waals surface area (Å²) in [5.74, 6) is 0.653. The van der Waals surface area contributed by atoms with Crippen molar-refractivity contribution in [3.05, 3.63) is 89.1 Å². The molecule has 4 aromatic rings. The van der Waals surface area contributed by atoms with Gasteiger partial charge in [-0.25, -0.2) is 0 Å². The molecule has 3 heterocycles. The highest BCUT2D eigenvalue weighted by Crippen LogP contribution is 2.31. The van der Waals surface area contributed by atoms with Crippen LogP contribution in [0.4, 0.5) is 11.4 Å². The molecule has 2 amide bonds. The van der Waals surface area contributed by atoms with Crippen LogP contribution in [0, 0.1) is 6.92 Å². The van der Waals surface area contributed by atoms with Crippen molar-refractivity contribution in [1.29, 1.82) is 0 Å². The van der Waals surface area contributed by atoms with E-state index < -0.39 is 0 Å². The van der Waals surface area contributed by atoms with E-state index in [1.165, 1.54) is 0 Å². The van der Waals surface area contributed by atoms with Crippen LogP contribution in [0.25, 0.3) is 10.9 Å². The third kappa shape index (κ3) is 6.01. The molecule has 2 aliphatic rings.